The van der Waals surface area contributed by atoms with Gasteiger partial charge in [0.05, 0.1) is 5.75 Å². The van der Waals surface area contributed by atoms with E-state index >= 15 is 0 Å². The Hall–Kier alpha value is -1.60. The van der Waals surface area contributed by atoms with Crippen LogP contribution in [-0.2, 0) is 10.0 Å². The fraction of sp³-hybridized carbons (Fsp3) is 0.611. The van der Waals surface area contributed by atoms with Crippen molar-refractivity contribution in [2.75, 3.05) is 45.5 Å². The van der Waals surface area contributed by atoms with Gasteiger partial charge in [0, 0.05) is 45.7 Å². The van der Waals surface area contributed by atoms with Gasteiger partial charge in [0.25, 0.3) is 0 Å². The molecular formula is C18H28N4O2S. The van der Waals surface area contributed by atoms with Crippen LogP contribution in [-0.4, -0.2) is 69.1 Å². The molecule has 2 saturated heterocycles. The second-order valence-electron chi connectivity index (χ2n) is 6.83. The second kappa shape index (κ2) is 7.74. The van der Waals surface area contributed by atoms with Crippen LogP contribution in [0.2, 0.25) is 0 Å². The summed E-state index contributed by atoms with van der Waals surface area (Å²) in [7, 11) is -1.23. The van der Waals surface area contributed by atoms with E-state index in [-0.39, 0.29) is 5.75 Å². The largest absolute Gasteiger partial charge is 0.355 e. The average molecular weight is 365 g/mol. The number of nitrogens with one attached hydrogen (secondary N) is 1. The van der Waals surface area contributed by atoms with Gasteiger partial charge in [0.1, 0.15) is 0 Å². The van der Waals surface area contributed by atoms with Gasteiger partial charge < -0.3 is 10.2 Å². The first kappa shape index (κ1) is 18.2. The third kappa shape index (κ3) is 4.15. The van der Waals surface area contributed by atoms with Gasteiger partial charge in [-0.2, -0.15) is 0 Å². The van der Waals surface area contributed by atoms with Gasteiger partial charge in [-0.25, -0.2) is 12.7 Å². The molecule has 2 heterocycles. The molecule has 25 heavy (non-hydrogen) atoms. The zero-order chi connectivity index (χ0) is 17.9. The quantitative estimate of drug-likeness (QED) is 0.648. The number of nitrogens with zero attached hydrogens (tertiary/aromatic N) is 3. The van der Waals surface area contributed by atoms with Crippen molar-refractivity contribution in [3.63, 3.8) is 0 Å². The normalized spacial score (nSPS) is 24.0. The summed E-state index contributed by atoms with van der Waals surface area (Å²) in [5, 5.41) is 3.33. The molecule has 0 amide bonds. The SMILES string of the molecule is CN=C(NCCN1CCCS1(=O)=O)N1CCC(c2ccccc2C)C1. The molecule has 0 aromatic heterocycles. The lowest BCUT2D eigenvalue weighted by Gasteiger charge is -2.23. The van der Waals surface area contributed by atoms with Crippen LogP contribution in [0, 0.1) is 6.92 Å². The number of hydrogen-bond donors (Lipinski definition) is 1. The first-order chi connectivity index (χ1) is 12.0. The number of sulfonamides is 1. The molecule has 0 radical (unpaired) electrons. The minimum atomic E-state index is -3.02. The maximum Gasteiger partial charge on any atom is 0.214 e. The fourth-order valence-corrected chi connectivity index (χ4v) is 5.35. The second-order valence-corrected chi connectivity index (χ2v) is 8.92. The Morgan fingerprint density at radius 1 is 1.32 bits per heavy atom. The Kier molecular flexibility index (Phi) is 5.64. The Balaban J connectivity index is 1.53. The Morgan fingerprint density at radius 3 is 2.80 bits per heavy atom. The summed E-state index contributed by atoms with van der Waals surface area (Å²) in [6.07, 6.45) is 1.85. The first-order valence-electron chi connectivity index (χ1n) is 9.00. The summed E-state index contributed by atoms with van der Waals surface area (Å²) in [4.78, 5) is 6.66. The predicted octanol–water partition coefficient (Wildman–Crippen LogP) is 1.40. The van der Waals surface area contributed by atoms with Crippen LogP contribution >= 0.6 is 0 Å². The van der Waals surface area contributed by atoms with Crippen LogP contribution in [0.4, 0.5) is 0 Å². The molecular weight excluding hydrogens is 336 g/mol. The van der Waals surface area contributed by atoms with Crippen LogP contribution < -0.4 is 5.32 Å². The summed E-state index contributed by atoms with van der Waals surface area (Å²) in [6, 6.07) is 8.58. The van der Waals surface area contributed by atoms with E-state index in [4.69, 9.17) is 0 Å². The van der Waals surface area contributed by atoms with E-state index in [0.717, 1.165) is 31.9 Å². The molecule has 3 rings (SSSR count). The van der Waals surface area contributed by atoms with Crippen LogP contribution in [0.3, 0.4) is 0 Å². The molecule has 1 aromatic carbocycles. The van der Waals surface area contributed by atoms with Gasteiger partial charge in [-0.05, 0) is 30.9 Å². The molecule has 2 aliphatic heterocycles. The zero-order valence-corrected chi connectivity index (χ0v) is 15.9. The number of guanidine groups is 1. The maximum absolute atomic E-state index is 11.9. The fourth-order valence-electron chi connectivity index (χ4n) is 3.82. The summed E-state index contributed by atoms with van der Waals surface area (Å²) >= 11 is 0. The molecule has 0 aliphatic carbocycles. The van der Waals surface area contributed by atoms with E-state index < -0.39 is 10.0 Å². The van der Waals surface area contributed by atoms with E-state index in [1.54, 1.807) is 11.4 Å². The molecule has 1 aromatic rings. The molecule has 2 fully saturated rings. The average Bonchev–Trinajstić information content (AvgIpc) is 3.19. The van der Waals surface area contributed by atoms with Crippen LogP contribution in [0.5, 0.6) is 0 Å². The summed E-state index contributed by atoms with van der Waals surface area (Å²) in [5.41, 5.74) is 2.76. The predicted molar refractivity (Wildman–Crippen MR) is 101 cm³/mol. The molecule has 0 bridgehead atoms. The molecule has 1 N–H and O–H groups in total. The topological polar surface area (TPSA) is 65.0 Å². The van der Waals surface area contributed by atoms with E-state index in [2.05, 4.69) is 46.4 Å². The molecule has 1 unspecified atom stereocenters. The lowest BCUT2D eigenvalue weighted by Crippen LogP contribution is -2.43. The van der Waals surface area contributed by atoms with Crippen LogP contribution in [0.25, 0.3) is 0 Å². The van der Waals surface area contributed by atoms with Crippen molar-refractivity contribution in [3.05, 3.63) is 35.4 Å². The molecule has 138 valence electrons. The number of likely N-dealkylation sites (tertiary alicyclic amines) is 1. The molecule has 2 aliphatic rings. The minimum absolute atomic E-state index is 0.284. The van der Waals surface area contributed by atoms with Gasteiger partial charge >= 0.3 is 0 Å². The monoisotopic (exact) mass is 364 g/mol. The van der Waals surface area contributed by atoms with Gasteiger partial charge in [-0.1, -0.05) is 24.3 Å². The number of rotatable bonds is 4. The Morgan fingerprint density at radius 2 is 2.12 bits per heavy atom. The number of benzene rings is 1. The summed E-state index contributed by atoms with van der Waals surface area (Å²) < 4.78 is 25.3. The van der Waals surface area contributed by atoms with Crippen molar-refractivity contribution in [3.8, 4) is 0 Å². The third-order valence-corrected chi connectivity index (χ3v) is 7.13. The maximum atomic E-state index is 11.9. The smallest absolute Gasteiger partial charge is 0.214 e. The van der Waals surface area contributed by atoms with Crippen LogP contribution in [0.1, 0.15) is 29.9 Å². The van der Waals surface area contributed by atoms with Crippen molar-refractivity contribution in [2.24, 2.45) is 4.99 Å². The zero-order valence-electron chi connectivity index (χ0n) is 15.1. The lowest BCUT2D eigenvalue weighted by atomic mass is 9.94. The molecule has 6 nitrogen and oxygen atoms in total. The van der Waals surface area contributed by atoms with E-state index in [1.807, 2.05) is 0 Å². The summed E-state index contributed by atoms with van der Waals surface area (Å²) in [5.74, 6) is 1.68. The van der Waals surface area contributed by atoms with Crippen molar-refractivity contribution in [1.82, 2.24) is 14.5 Å². The molecule has 1 atom stereocenters. The highest BCUT2D eigenvalue weighted by molar-refractivity contribution is 7.89. The van der Waals surface area contributed by atoms with Gasteiger partial charge in [-0.3, -0.25) is 4.99 Å². The number of aryl methyl sites for hydroxylation is 1. The highest BCUT2D eigenvalue weighted by Crippen LogP contribution is 2.29. The summed E-state index contributed by atoms with van der Waals surface area (Å²) in [6.45, 7) is 5.84. The number of hydrogen-bond acceptors (Lipinski definition) is 3. The Bertz CT molecular complexity index is 732. The lowest BCUT2D eigenvalue weighted by molar-refractivity contribution is 0.434. The molecule has 7 heteroatoms. The van der Waals surface area contributed by atoms with E-state index in [1.165, 1.54) is 11.1 Å². The van der Waals surface area contributed by atoms with Crippen molar-refractivity contribution >= 4 is 16.0 Å². The van der Waals surface area contributed by atoms with E-state index in [9.17, 15) is 8.42 Å². The Labute approximate surface area is 151 Å². The highest BCUT2D eigenvalue weighted by atomic mass is 32.2. The van der Waals surface area contributed by atoms with Crippen molar-refractivity contribution in [2.45, 2.75) is 25.7 Å². The standard InChI is InChI=1S/C18H28N4O2S/c1-15-6-3-4-7-17(15)16-8-11-21(14-16)18(19-2)20-9-12-22-10-5-13-25(22,23)24/h3-4,6-7,16H,5,8-14H2,1-2H3,(H,19,20). The van der Waals surface area contributed by atoms with Gasteiger partial charge in [-0.15, -0.1) is 0 Å². The van der Waals surface area contributed by atoms with E-state index in [0.29, 0.717) is 25.6 Å². The third-order valence-electron chi connectivity index (χ3n) is 5.18. The van der Waals surface area contributed by atoms with Crippen molar-refractivity contribution < 1.29 is 8.42 Å². The van der Waals surface area contributed by atoms with Gasteiger partial charge in [0.15, 0.2) is 5.96 Å². The van der Waals surface area contributed by atoms with Gasteiger partial charge in [0.2, 0.25) is 10.0 Å². The van der Waals surface area contributed by atoms with Crippen LogP contribution in [0.15, 0.2) is 29.3 Å². The highest BCUT2D eigenvalue weighted by Gasteiger charge is 2.29. The minimum Gasteiger partial charge on any atom is -0.355 e. The van der Waals surface area contributed by atoms with Crippen molar-refractivity contribution in [1.29, 1.82) is 0 Å². The molecule has 0 saturated carbocycles. The number of aliphatic imine (C=N–C) groups is 1. The first-order valence-corrected chi connectivity index (χ1v) is 10.6. The molecule has 0 spiro atoms.